The van der Waals surface area contributed by atoms with Crippen molar-refractivity contribution < 1.29 is 0 Å². The maximum Gasteiger partial charge on any atom is -0.0326 e. The Bertz CT molecular complexity index is 159. The zero-order valence-electron chi connectivity index (χ0n) is 14.3. The Morgan fingerprint density at radius 1 is 0.550 bits per heavy atom. The van der Waals surface area contributed by atoms with Crippen molar-refractivity contribution in [2.45, 2.75) is 90.9 Å². The summed E-state index contributed by atoms with van der Waals surface area (Å²) in [6, 6.07) is 0. The molecule has 0 aliphatic carbocycles. The summed E-state index contributed by atoms with van der Waals surface area (Å²) in [6.45, 7) is 4.64. The van der Waals surface area contributed by atoms with Crippen LogP contribution in [-0.2, 0) is 0 Å². The van der Waals surface area contributed by atoms with Crippen molar-refractivity contribution in [3.63, 3.8) is 0 Å². The fourth-order valence-corrected chi connectivity index (χ4v) is 5.67. The molecule has 0 heterocycles. The summed E-state index contributed by atoms with van der Waals surface area (Å²) < 4.78 is 0. The molecule has 0 saturated carbocycles. The number of hydrogen-bond donors (Lipinski definition) is 0. The zero-order chi connectivity index (χ0) is 14.9. The molecule has 0 aromatic heterocycles. The molecule has 0 fully saturated rings. The van der Waals surface area contributed by atoms with E-state index in [0.717, 1.165) is 0 Å². The Kier molecular flexibility index (Phi) is 18.7. The van der Waals surface area contributed by atoms with Crippen LogP contribution < -0.4 is 0 Å². The number of rotatable bonds is 16. The first-order valence-corrected chi connectivity index (χ1v) is 12.0. The van der Waals surface area contributed by atoms with Crippen LogP contribution in [0.2, 0.25) is 0 Å². The lowest BCUT2D eigenvalue weighted by molar-refractivity contribution is 0.688. The molecule has 1 unspecified atom stereocenters. The first-order chi connectivity index (χ1) is 9.85. The van der Waals surface area contributed by atoms with Gasteiger partial charge in [-0.15, -0.1) is 17.2 Å². The van der Waals surface area contributed by atoms with Crippen molar-refractivity contribution >= 4 is 17.2 Å². The highest BCUT2D eigenvalue weighted by Crippen LogP contribution is 2.39. The molecule has 0 radical (unpaired) electrons. The molecule has 0 aromatic carbocycles. The molecule has 0 rings (SSSR count). The normalized spacial score (nSPS) is 11.4. The SMILES string of the molecule is CCCCCCP(CCCCCC)CCCCCCP. The largest absolute Gasteiger partial charge is 0.138 e. The first kappa shape index (κ1) is 20.9. The molecule has 1 atom stereocenters. The van der Waals surface area contributed by atoms with E-state index in [0.29, 0.717) is 7.92 Å². The van der Waals surface area contributed by atoms with Gasteiger partial charge < -0.3 is 0 Å². The van der Waals surface area contributed by atoms with E-state index in [4.69, 9.17) is 0 Å². The first-order valence-electron chi connectivity index (χ1n) is 9.27. The van der Waals surface area contributed by atoms with Gasteiger partial charge in [0.05, 0.1) is 0 Å². The molecular weight excluding hydrogens is 278 g/mol. The maximum atomic E-state index is 2.86. The van der Waals surface area contributed by atoms with Crippen LogP contribution in [0.3, 0.4) is 0 Å². The summed E-state index contributed by atoms with van der Waals surface area (Å²) in [5, 5.41) is 0. The molecule has 20 heavy (non-hydrogen) atoms. The molecule has 0 nitrogen and oxygen atoms in total. The predicted octanol–water partition coefficient (Wildman–Crippen LogP) is 7.06. The lowest BCUT2D eigenvalue weighted by atomic mass is 10.2. The van der Waals surface area contributed by atoms with Crippen LogP contribution in [-0.4, -0.2) is 24.6 Å². The molecule has 122 valence electrons. The third-order valence-electron chi connectivity index (χ3n) is 4.08. The summed E-state index contributed by atoms with van der Waals surface area (Å²) in [6.07, 6.45) is 23.5. The van der Waals surface area contributed by atoms with Gasteiger partial charge in [0.15, 0.2) is 0 Å². The Labute approximate surface area is 133 Å². The van der Waals surface area contributed by atoms with Gasteiger partial charge in [-0.05, 0) is 50.3 Å². The highest BCUT2D eigenvalue weighted by atomic mass is 31.1. The van der Waals surface area contributed by atoms with E-state index in [2.05, 4.69) is 23.1 Å². The van der Waals surface area contributed by atoms with Crippen LogP contribution in [0.25, 0.3) is 0 Å². The quantitative estimate of drug-likeness (QED) is 0.211. The van der Waals surface area contributed by atoms with Gasteiger partial charge in [-0.1, -0.05) is 65.2 Å². The molecule has 0 spiro atoms. The third kappa shape index (κ3) is 15.3. The molecule has 0 amide bonds. The topological polar surface area (TPSA) is 0 Å². The summed E-state index contributed by atoms with van der Waals surface area (Å²) in [5.41, 5.74) is 0. The van der Waals surface area contributed by atoms with Crippen LogP contribution in [0.4, 0.5) is 0 Å². The summed E-state index contributed by atoms with van der Waals surface area (Å²) in [5.74, 6) is 0. The highest BCUT2D eigenvalue weighted by Gasteiger charge is 2.07. The van der Waals surface area contributed by atoms with Crippen molar-refractivity contribution in [1.29, 1.82) is 0 Å². The van der Waals surface area contributed by atoms with E-state index in [1.54, 1.807) is 18.5 Å². The van der Waals surface area contributed by atoms with Gasteiger partial charge in [0, 0.05) is 0 Å². The van der Waals surface area contributed by atoms with E-state index in [-0.39, 0.29) is 0 Å². The number of unbranched alkanes of at least 4 members (excludes halogenated alkanes) is 9. The Hall–Kier alpha value is 0.860. The zero-order valence-corrected chi connectivity index (χ0v) is 16.4. The molecule has 0 N–H and O–H groups in total. The van der Waals surface area contributed by atoms with Gasteiger partial charge in [-0.25, -0.2) is 0 Å². The lowest BCUT2D eigenvalue weighted by Gasteiger charge is -2.18. The van der Waals surface area contributed by atoms with Crippen molar-refractivity contribution in [1.82, 2.24) is 0 Å². The van der Waals surface area contributed by atoms with Crippen LogP contribution in [0.15, 0.2) is 0 Å². The Morgan fingerprint density at radius 3 is 1.35 bits per heavy atom. The van der Waals surface area contributed by atoms with Crippen LogP contribution in [0.5, 0.6) is 0 Å². The average molecular weight is 318 g/mol. The minimum absolute atomic E-state index is 0.380. The van der Waals surface area contributed by atoms with Crippen molar-refractivity contribution in [2.75, 3.05) is 24.6 Å². The van der Waals surface area contributed by atoms with Gasteiger partial charge >= 0.3 is 0 Å². The van der Waals surface area contributed by atoms with Gasteiger partial charge in [-0.2, -0.15) is 0 Å². The molecule has 0 saturated heterocycles. The van der Waals surface area contributed by atoms with Crippen molar-refractivity contribution in [3.8, 4) is 0 Å². The summed E-state index contributed by atoms with van der Waals surface area (Å²) in [7, 11) is 3.24. The minimum Gasteiger partial charge on any atom is -0.138 e. The molecular formula is C18H40P2. The van der Waals surface area contributed by atoms with E-state index in [1.807, 2.05) is 0 Å². The fraction of sp³-hybridized carbons (Fsp3) is 1.00. The summed E-state index contributed by atoms with van der Waals surface area (Å²) in [4.78, 5) is 0. The van der Waals surface area contributed by atoms with E-state index in [9.17, 15) is 0 Å². The second kappa shape index (κ2) is 17.9. The maximum absolute atomic E-state index is 2.86. The van der Waals surface area contributed by atoms with Gasteiger partial charge in [0.2, 0.25) is 0 Å². The van der Waals surface area contributed by atoms with E-state index < -0.39 is 0 Å². The van der Waals surface area contributed by atoms with Crippen LogP contribution in [0, 0.1) is 0 Å². The minimum atomic E-state index is 0.380. The van der Waals surface area contributed by atoms with Gasteiger partial charge in [0.25, 0.3) is 0 Å². The lowest BCUT2D eigenvalue weighted by Crippen LogP contribution is -1.97. The smallest absolute Gasteiger partial charge is 0.0326 e. The Balaban J connectivity index is 3.67. The average Bonchev–Trinajstić information content (AvgIpc) is 2.47. The van der Waals surface area contributed by atoms with Gasteiger partial charge in [-0.3, -0.25) is 0 Å². The predicted molar refractivity (Wildman–Crippen MR) is 103 cm³/mol. The monoisotopic (exact) mass is 318 g/mol. The van der Waals surface area contributed by atoms with Crippen LogP contribution in [0.1, 0.15) is 90.9 Å². The second-order valence-electron chi connectivity index (χ2n) is 6.17. The third-order valence-corrected chi connectivity index (χ3v) is 7.34. The fourth-order valence-electron chi connectivity index (χ4n) is 2.69. The molecule has 0 aliphatic heterocycles. The van der Waals surface area contributed by atoms with Gasteiger partial charge in [0.1, 0.15) is 0 Å². The van der Waals surface area contributed by atoms with Crippen LogP contribution >= 0.6 is 17.2 Å². The second-order valence-corrected chi connectivity index (χ2v) is 9.43. The number of hydrogen-bond acceptors (Lipinski definition) is 0. The summed E-state index contributed by atoms with van der Waals surface area (Å²) >= 11 is 0. The standard InChI is InChI=1S/C18H40P2/c1-3-5-7-12-16-20(17-13-8-6-4-2)18-14-10-9-11-15-19/h3-19H2,1-2H3. The molecule has 0 bridgehead atoms. The molecule has 0 aromatic rings. The van der Waals surface area contributed by atoms with E-state index >= 15 is 0 Å². The van der Waals surface area contributed by atoms with Crippen molar-refractivity contribution in [3.05, 3.63) is 0 Å². The Morgan fingerprint density at radius 2 is 0.950 bits per heavy atom. The van der Waals surface area contributed by atoms with E-state index in [1.165, 1.54) is 83.2 Å². The van der Waals surface area contributed by atoms with Crippen molar-refractivity contribution in [2.24, 2.45) is 0 Å². The highest BCUT2D eigenvalue weighted by molar-refractivity contribution is 7.57. The molecule has 2 heteroatoms. The molecule has 0 aliphatic rings.